The highest BCUT2D eigenvalue weighted by Gasteiger charge is 2.18. The van der Waals surface area contributed by atoms with Crippen molar-refractivity contribution in [1.82, 2.24) is 4.90 Å². The van der Waals surface area contributed by atoms with Crippen LogP contribution in [0.5, 0.6) is 0 Å². The van der Waals surface area contributed by atoms with Gasteiger partial charge in [0.2, 0.25) is 0 Å². The van der Waals surface area contributed by atoms with E-state index in [1.54, 1.807) is 0 Å². The topological polar surface area (TPSA) is 29.3 Å². The van der Waals surface area contributed by atoms with Crippen molar-refractivity contribution in [3.05, 3.63) is 0 Å². The Labute approximate surface area is 88.9 Å². The lowest BCUT2D eigenvalue weighted by Crippen LogP contribution is -2.39. The fraction of sp³-hybridized carbons (Fsp3) is 0.833. The summed E-state index contributed by atoms with van der Waals surface area (Å²) in [4.78, 5) is 2.41. The molecule has 2 N–H and O–H groups in total. The van der Waals surface area contributed by atoms with E-state index in [0.29, 0.717) is 0 Å². The van der Waals surface area contributed by atoms with Crippen molar-refractivity contribution < 1.29 is 0 Å². The molecule has 0 heterocycles. The third-order valence-corrected chi connectivity index (χ3v) is 2.38. The zero-order valence-corrected chi connectivity index (χ0v) is 10.1. The van der Waals surface area contributed by atoms with Crippen LogP contribution in [0.15, 0.2) is 0 Å². The Morgan fingerprint density at radius 2 is 2.00 bits per heavy atom. The molecule has 0 aliphatic rings. The van der Waals surface area contributed by atoms with Crippen LogP contribution in [-0.4, -0.2) is 31.1 Å². The molecule has 82 valence electrons. The molecule has 0 spiro atoms. The van der Waals surface area contributed by atoms with Gasteiger partial charge in [-0.15, -0.1) is 11.8 Å². The van der Waals surface area contributed by atoms with E-state index in [1.807, 2.05) is 6.92 Å². The molecule has 0 atom stereocenters. The first-order valence-electron chi connectivity index (χ1n) is 5.37. The molecule has 0 rings (SSSR count). The lowest BCUT2D eigenvalue weighted by atomic mass is 9.93. The molecule has 0 fully saturated rings. The first-order valence-corrected chi connectivity index (χ1v) is 5.37. The van der Waals surface area contributed by atoms with Crippen molar-refractivity contribution in [3.63, 3.8) is 0 Å². The fourth-order valence-electron chi connectivity index (χ4n) is 1.36. The maximum atomic E-state index is 5.71. The van der Waals surface area contributed by atoms with Crippen LogP contribution >= 0.6 is 0 Å². The first kappa shape index (κ1) is 13.5. The van der Waals surface area contributed by atoms with E-state index >= 15 is 0 Å². The molecule has 0 saturated heterocycles. The molecule has 2 nitrogen and oxygen atoms in total. The molecule has 0 bridgehead atoms. The Balaban J connectivity index is 3.94. The van der Waals surface area contributed by atoms with Gasteiger partial charge in [-0.2, -0.15) is 0 Å². The van der Waals surface area contributed by atoms with Crippen LogP contribution in [0.2, 0.25) is 0 Å². The average molecular weight is 196 g/mol. The molecule has 0 unspecified atom stereocenters. The summed E-state index contributed by atoms with van der Waals surface area (Å²) in [5, 5.41) is 0. The van der Waals surface area contributed by atoms with Crippen LogP contribution in [0.1, 0.15) is 34.1 Å². The smallest absolute Gasteiger partial charge is 0.0216 e. The Morgan fingerprint density at radius 3 is 2.43 bits per heavy atom. The first-order chi connectivity index (χ1) is 6.55. The van der Waals surface area contributed by atoms with Gasteiger partial charge in [0.25, 0.3) is 0 Å². The monoisotopic (exact) mass is 196 g/mol. The minimum atomic E-state index is 0.218. The third kappa shape index (κ3) is 6.01. The zero-order valence-electron chi connectivity index (χ0n) is 10.1. The van der Waals surface area contributed by atoms with Crippen molar-refractivity contribution in [3.8, 4) is 11.8 Å². The van der Waals surface area contributed by atoms with Crippen LogP contribution in [0, 0.1) is 17.3 Å². The molecule has 0 amide bonds. The SMILES string of the molecule is CC#CCCN(CC)CC(C)(C)CN. The van der Waals surface area contributed by atoms with Gasteiger partial charge >= 0.3 is 0 Å². The Morgan fingerprint density at radius 1 is 1.36 bits per heavy atom. The van der Waals surface area contributed by atoms with E-state index in [1.165, 1.54) is 0 Å². The zero-order chi connectivity index (χ0) is 11.0. The summed E-state index contributed by atoms with van der Waals surface area (Å²) >= 11 is 0. The van der Waals surface area contributed by atoms with Crippen molar-refractivity contribution in [2.75, 3.05) is 26.2 Å². The van der Waals surface area contributed by atoms with E-state index in [4.69, 9.17) is 5.73 Å². The molecule has 0 aromatic heterocycles. The molecule has 0 radical (unpaired) electrons. The summed E-state index contributed by atoms with van der Waals surface area (Å²) in [7, 11) is 0. The third-order valence-electron chi connectivity index (χ3n) is 2.38. The maximum absolute atomic E-state index is 5.71. The molecular weight excluding hydrogens is 172 g/mol. The summed E-state index contributed by atoms with van der Waals surface area (Å²) in [6.45, 7) is 12.4. The second-order valence-electron chi connectivity index (χ2n) is 4.41. The molecule has 2 heteroatoms. The van der Waals surface area contributed by atoms with Gasteiger partial charge in [-0.05, 0) is 25.4 Å². The number of hydrogen-bond donors (Lipinski definition) is 1. The van der Waals surface area contributed by atoms with Crippen LogP contribution in [0.25, 0.3) is 0 Å². The molecule has 0 saturated carbocycles. The van der Waals surface area contributed by atoms with Gasteiger partial charge in [-0.1, -0.05) is 20.8 Å². The summed E-state index contributed by atoms with van der Waals surface area (Å²) in [6, 6.07) is 0. The Bertz CT molecular complexity index is 198. The average Bonchev–Trinajstić information content (AvgIpc) is 2.16. The van der Waals surface area contributed by atoms with Crippen molar-refractivity contribution in [2.24, 2.45) is 11.1 Å². The Hall–Kier alpha value is -0.520. The fourth-order valence-corrected chi connectivity index (χ4v) is 1.36. The number of nitrogens with zero attached hydrogens (tertiary/aromatic N) is 1. The minimum absolute atomic E-state index is 0.218. The highest BCUT2D eigenvalue weighted by atomic mass is 15.1. The maximum Gasteiger partial charge on any atom is 0.0216 e. The number of hydrogen-bond acceptors (Lipinski definition) is 2. The second-order valence-corrected chi connectivity index (χ2v) is 4.41. The van der Waals surface area contributed by atoms with Gasteiger partial charge in [-0.25, -0.2) is 0 Å². The molecule has 0 aromatic rings. The summed E-state index contributed by atoms with van der Waals surface area (Å²) in [5.74, 6) is 6.02. The standard InChI is InChI=1S/C12H24N2/c1-5-7-8-9-14(6-2)11-12(3,4)10-13/h6,8-11,13H2,1-4H3. The quantitative estimate of drug-likeness (QED) is 0.655. The highest BCUT2D eigenvalue weighted by Crippen LogP contribution is 2.14. The van der Waals surface area contributed by atoms with Gasteiger partial charge in [0, 0.05) is 19.5 Å². The van der Waals surface area contributed by atoms with Gasteiger partial charge in [-0.3, -0.25) is 0 Å². The predicted octanol–water partition coefficient (Wildman–Crippen LogP) is 1.71. The van der Waals surface area contributed by atoms with E-state index in [0.717, 1.165) is 32.6 Å². The van der Waals surface area contributed by atoms with Crippen LogP contribution in [0.4, 0.5) is 0 Å². The minimum Gasteiger partial charge on any atom is -0.330 e. The van der Waals surface area contributed by atoms with Gasteiger partial charge < -0.3 is 10.6 Å². The molecule has 0 aliphatic heterocycles. The van der Waals surface area contributed by atoms with Crippen LogP contribution in [0.3, 0.4) is 0 Å². The van der Waals surface area contributed by atoms with Crippen molar-refractivity contribution >= 4 is 0 Å². The summed E-state index contributed by atoms with van der Waals surface area (Å²) in [6.07, 6.45) is 0.963. The van der Waals surface area contributed by atoms with Gasteiger partial charge in [0.15, 0.2) is 0 Å². The van der Waals surface area contributed by atoms with Gasteiger partial charge in [0.05, 0.1) is 0 Å². The van der Waals surface area contributed by atoms with E-state index in [2.05, 4.69) is 37.5 Å². The molecular formula is C12H24N2. The normalized spacial score (nSPS) is 11.3. The Kier molecular flexibility index (Phi) is 6.61. The van der Waals surface area contributed by atoms with E-state index < -0.39 is 0 Å². The highest BCUT2D eigenvalue weighted by molar-refractivity contribution is 4.95. The van der Waals surface area contributed by atoms with Crippen molar-refractivity contribution in [1.29, 1.82) is 0 Å². The van der Waals surface area contributed by atoms with Crippen LogP contribution < -0.4 is 5.73 Å². The predicted molar refractivity (Wildman–Crippen MR) is 63.0 cm³/mol. The second kappa shape index (κ2) is 6.86. The van der Waals surface area contributed by atoms with Crippen LogP contribution in [-0.2, 0) is 0 Å². The van der Waals surface area contributed by atoms with Crippen molar-refractivity contribution in [2.45, 2.75) is 34.1 Å². The summed E-state index contributed by atoms with van der Waals surface area (Å²) < 4.78 is 0. The molecule has 14 heavy (non-hydrogen) atoms. The lowest BCUT2D eigenvalue weighted by molar-refractivity contribution is 0.193. The summed E-state index contributed by atoms with van der Waals surface area (Å²) in [5.41, 5.74) is 5.93. The number of rotatable bonds is 6. The number of nitrogens with two attached hydrogens (primary N) is 1. The lowest BCUT2D eigenvalue weighted by Gasteiger charge is -2.30. The van der Waals surface area contributed by atoms with Gasteiger partial charge in [0.1, 0.15) is 0 Å². The van der Waals surface area contributed by atoms with E-state index in [-0.39, 0.29) is 5.41 Å². The molecule has 0 aliphatic carbocycles. The van der Waals surface area contributed by atoms with E-state index in [9.17, 15) is 0 Å². The molecule has 0 aromatic carbocycles. The largest absolute Gasteiger partial charge is 0.330 e.